The van der Waals surface area contributed by atoms with Gasteiger partial charge >= 0.3 is 0 Å². The first-order valence-electron chi connectivity index (χ1n) is 11.2. The number of carbonyl (C=O) groups excluding carboxylic acids is 1. The summed E-state index contributed by atoms with van der Waals surface area (Å²) in [6.07, 6.45) is 3.93. The molecule has 2 N–H and O–H groups in total. The Morgan fingerprint density at radius 2 is 1.74 bits per heavy atom. The van der Waals surface area contributed by atoms with Crippen molar-refractivity contribution in [1.82, 2.24) is 5.32 Å². The molecule has 180 valence electrons. The minimum atomic E-state index is -3.69. The molecule has 1 aliphatic heterocycles. The summed E-state index contributed by atoms with van der Waals surface area (Å²) in [7, 11) is -2.08. The molecular formula is C28H28N2O4S. The van der Waals surface area contributed by atoms with Crippen LogP contribution in [0.15, 0.2) is 84.3 Å². The monoisotopic (exact) mass is 488 g/mol. The van der Waals surface area contributed by atoms with E-state index in [0.717, 1.165) is 40.0 Å². The molecule has 0 spiro atoms. The zero-order chi connectivity index (χ0) is 25.1. The van der Waals surface area contributed by atoms with Gasteiger partial charge in [0.25, 0.3) is 10.0 Å². The van der Waals surface area contributed by atoms with E-state index >= 15 is 0 Å². The molecule has 0 fully saturated rings. The molecule has 4 rings (SSSR count). The van der Waals surface area contributed by atoms with Gasteiger partial charge in [-0.25, -0.2) is 8.42 Å². The molecule has 3 aromatic rings. The average molecular weight is 489 g/mol. The standard InChI is InChI=1S/C28H28N2O4S/c1-28(2)19-22-11-14-24(34-3)17-25(22)26(29-28)18-27(31)21-9-12-23(13-10-21)30-35(32,33)16-15-20-7-5-4-6-8-20/h4-18,29-30H,19H2,1-3H3. The first-order chi connectivity index (χ1) is 16.6. The van der Waals surface area contributed by atoms with E-state index in [-0.39, 0.29) is 11.3 Å². The van der Waals surface area contributed by atoms with Crippen LogP contribution < -0.4 is 14.8 Å². The first-order valence-corrected chi connectivity index (χ1v) is 12.8. The van der Waals surface area contributed by atoms with Crippen LogP contribution in [0.4, 0.5) is 5.69 Å². The molecule has 0 radical (unpaired) electrons. The number of allylic oxidation sites excluding steroid dienone is 1. The summed E-state index contributed by atoms with van der Waals surface area (Å²) in [5.74, 6) is 0.541. The molecule has 1 heterocycles. The molecule has 35 heavy (non-hydrogen) atoms. The summed E-state index contributed by atoms with van der Waals surface area (Å²) in [5.41, 5.74) is 4.21. The SMILES string of the molecule is COc1ccc2c(c1)C(=CC(=O)c1ccc(NS(=O)(=O)C=Cc3ccccc3)cc1)NC(C)(C)C2. The maximum Gasteiger partial charge on any atom is 0.255 e. The zero-order valence-electron chi connectivity index (χ0n) is 19.9. The van der Waals surface area contributed by atoms with Gasteiger partial charge in [-0.2, -0.15) is 0 Å². The number of anilines is 1. The van der Waals surface area contributed by atoms with Crippen molar-refractivity contribution in [3.05, 3.63) is 107 Å². The number of hydrogen-bond acceptors (Lipinski definition) is 5. The third kappa shape index (κ3) is 6.19. The third-order valence-corrected chi connectivity index (χ3v) is 6.67. The fourth-order valence-electron chi connectivity index (χ4n) is 4.00. The Morgan fingerprint density at radius 3 is 2.43 bits per heavy atom. The molecule has 6 nitrogen and oxygen atoms in total. The molecule has 0 saturated carbocycles. The molecule has 3 aromatic carbocycles. The molecule has 7 heteroatoms. The molecule has 1 aliphatic rings. The topological polar surface area (TPSA) is 84.5 Å². The third-order valence-electron chi connectivity index (χ3n) is 5.66. The number of hydrogen-bond donors (Lipinski definition) is 2. The van der Waals surface area contributed by atoms with E-state index in [9.17, 15) is 13.2 Å². The van der Waals surface area contributed by atoms with Crippen molar-refractivity contribution < 1.29 is 17.9 Å². The van der Waals surface area contributed by atoms with Gasteiger partial charge in [-0.1, -0.05) is 36.4 Å². The van der Waals surface area contributed by atoms with Crippen molar-refractivity contribution in [3.8, 4) is 5.75 Å². The predicted molar refractivity (Wildman–Crippen MR) is 141 cm³/mol. The van der Waals surface area contributed by atoms with Crippen molar-refractivity contribution in [2.24, 2.45) is 0 Å². The number of methoxy groups -OCH3 is 1. The molecule has 0 atom stereocenters. The van der Waals surface area contributed by atoms with Gasteiger partial charge in [0.15, 0.2) is 5.78 Å². The van der Waals surface area contributed by atoms with E-state index in [1.54, 1.807) is 37.5 Å². The van der Waals surface area contributed by atoms with Crippen molar-refractivity contribution in [2.75, 3.05) is 11.8 Å². The number of nitrogens with one attached hydrogen (secondary N) is 2. The largest absolute Gasteiger partial charge is 0.497 e. The van der Waals surface area contributed by atoms with Gasteiger partial charge in [0.2, 0.25) is 0 Å². The zero-order valence-corrected chi connectivity index (χ0v) is 20.7. The molecule has 0 bridgehead atoms. The minimum Gasteiger partial charge on any atom is -0.497 e. The fraction of sp³-hybridized carbons (Fsp3) is 0.179. The Labute approximate surface area is 206 Å². The van der Waals surface area contributed by atoms with Crippen molar-refractivity contribution in [3.63, 3.8) is 0 Å². The molecular weight excluding hydrogens is 460 g/mol. The van der Waals surface area contributed by atoms with E-state index < -0.39 is 10.0 Å². The van der Waals surface area contributed by atoms with Gasteiger partial charge in [-0.05, 0) is 73.9 Å². The van der Waals surface area contributed by atoms with E-state index in [1.807, 2.05) is 48.5 Å². The highest BCUT2D eigenvalue weighted by Crippen LogP contribution is 2.32. The van der Waals surface area contributed by atoms with Crippen LogP contribution in [-0.2, 0) is 16.4 Å². The van der Waals surface area contributed by atoms with E-state index in [1.165, 1.54) is 6.08 Å². The Bertz CT molecular complexity index is 1390. The summed E-state index contributed by atoms with van der Waals surface area (Å²) in [5, 5.41) is 4.58. The number of sulfonamides is 1. The Morgan fingerprint density at radius 1 is 1.03 bits per heavy atom. The second-order valence-electron chi connectivity index (χ2n) is 9.07. The van der Waals surface area contributed by atoms with Crippen LogP contribution in [0.5, 0.6) is 5.75 Å². The van der Waals surface area contributed by atoms with Crippen LogP contribution >= 0.6 is 0 Å². The van der Waals surface area contributed by atoms with Gasteiger partial charge < -0.3 is 10.1 Å². The first kappa shape index (κ1) is 24.3. The summed E-state index contributed by atoms with van der Waals surface area (Å²) in [4.78, 5) is 13.0. The maximum atomic E-state index is 13.0. The lowest BCUT2D eigenvalue weighted by molar-refractivity contribution is 0.104. The van der Waals surface area contributed by atoms with Gasteiger partial charge in [-0.15, -0.1) is 0 Å². The molecule has 0 aliphatic carbocycles. The van der Waals surface area contributed by atoms with Crippen molar-refractivity contribution >= 4 is 33.3 Å². The van der Waals surface area contributed by atoms with Crippen LogP contribution in [0.3, 0.4) is 0 Å². The number of rotatable bonds is 7. The number of benzene rings is 3. The summed E-state index contributed by atoms with van der Waals surface area (Å²) in [6, 6.07) is 21.4. The lowest BCUT2D eigenvalue weighted by Crippen LogP contribution is -2.43. The highest BCUT2D eigenvalue weighted by atomic mass is 32.2. The Kier molecular flexibility index (Phi) is 6.80. The van der Waals surface area contributed by atoms with Gasteiger partial charge in [0.1, 0.15) is 5.75 Å². The summed E-state index contributed by atoms with van der Waals surface area (Å²) < 4.78 is 32.7. The minimum absolute atomic E-state index is 0.183. The van der Waals surface area contributed by atoms with Gasteiger partial charge in [-0.3, -0.25) is 9.52 Å². The number of carbonyl (C=O) groups is 1. The maximum absolute atomic E-state index is 13.0. The lowest BCUT2D eigenvalue weighted by atomic mass is 9.85. The lowest BCUT2D eigenvalue weighted by Gasteiger charge is -2.35. The van der Waals surface area contributed by atoms with Crippen LogP contribution in [0.2, 0.25) is 0 Å². The van der Waals surface area contributed by atoms with E-state index in [2.05, 4.69) is 23.9 Å². The van der Waals surface area contributed by atoms with Crippen molar-refractivity contribution in [2.45, 2.75) is 25.8 Å². The van der Waals surface area contributed by atoms with Crippen LogP contribution in [0, 0.1) is 0 Å². The Balaban J connectivity index is 1.52. The smallest absolute Gasteiger partial charge is 0.255 e. The highest BCUT2D eigenvalue weighted by molar-refractivity contribution is 7.95. The number of ether oxygens (including phenoxy) is 1. The van der Waals surface area contributed by atoms with Crippen LogP contribution in [0.1, 0.15) is 40.9 Å². The fourth-order valence-corrected chi connectivity index (χ4v) is 4.87. The second kappa shape index (κ2) is 9.80. The van der Waals surface area contributed by atoms with Crippen molar-refractivity contribution in [1.29, 1.82) is 0 Å². The van der Waals surface area contributed by atoms with E-state index in [0.29, 0.717) is 11.3 Å². The summed E-state index contributed by atoms with van der Waals surface area (Å²) >= 11 is 0. The predicted octanol–water partition coefficient (Wildman–Crippen LogP) is 5.26. The van der Waals surface area contributed by atoms with Gasteiger partial charge in [0.05, 0.1) is 12.5 Å². The van der Waals surface area contributed by atoms with Crippen LogP contribution in [-0.4, -0.2) is 26.8 Å². The molecule has 0 aromatic heterocycles. The van der Waals surface area contributed by atoms with Gasteiger partial charge in [0, 0.05) is 34.1 Å². The molecule has 0 saturated heterocycles. The normalized spacial score (nSPS) is 15.9. The Hall–Kier alpha value is -3.84. The number of fused-ring (bicyclic) bond motifs is 1. The van der Waals surface area contributed by atoms with E-state index in [4.69, 9.17) is 4.74 Å². The summed E-state index contributed by atoms with van der Waals surface area (Å²) in [6.45, 7) is 4.18. The molecule has 0 unspecified atom stereocenters. The second-order valence-corrected chi connectivity index (χ2v) is 10.6. The number of ketones is 1. The van der Waals surface area contributed by atoms with Crippen LogP contribution in [0.25, 0.3) is 11.8 Å². The molecule has 0 amide bonds. The quantitative estimate of drug-likeness (QED) is 0.350. The average Bonchev–Trinajstić information content (AvgIpc) is 2.83. The highest BCUT2D eigenvalue weighted by Gasteiger charge is 2.28.